The zero-order valence-electron chi connectivity index (χ0n) is 12.2. The Balaban J connectivity index is 2.00. The summed E-state index contributed by atoms with van der Waals surface area (Å²) in [5, 5.41) is 0. The molecule has 0 heterocycles. The molecule has 0 saturated carbocycles. The van der Waals surface area contributed by atoms with Crippen LogP contribution >= 0.6 is 0 Å². The van der Waals surface area contributed by atoms with Crippen molar-refractivity contribution in [2.24, 2.45) is 0 Å². The van der Waals surface area contributed by atoms with Gasteiger partial charge in [0, 0.05) is 5.56 Å². The number of rotatable bonds is 7. The van der Waals surface area contributed by atoms with E-state index in [0.29, 0.717) is 16.9 Å². The van der Waals surface area contributed by atoms with Crippen LogP contribution in [0.4, 0.5) is 0 Å². The molecule has 0 aliphatic carbocycles. The molecular weight excluding hydrogens is 280 g/mol. The maximum Gasteiger partial charge on any atom is 0.173 e. The molecule has 0 spiro atoms. The van der Waals surface area contributed by atoms with Crippen molar-refractivity contribution < 1.29 is 19.1 Å². The lowest BCUT2D eigenvalue weighted by atomic mass is 10.00. The summed E-state index contributed by atoms with van der Waals surface area (Å²) in [5.74, 6) is -0.596. The number of hydrogen-bond acceptors (Lipinski definition) is 4. The first-order chi connectivity index (χ1) is 10.6. The molecule has 2 aromatic rings. The zero-order chi connectivity index (χ0) is 15.9. The second kappa shape index (κ2) is 7.31. The van der Waals surface area contributed by atoms with Gasteiger partial charge >= 0.3 is 0 Å². The van der Waals surface area contributed by atoms with Crippen molar-refractivity contribution in [1.82, 2.24) is 0 Å². The van der Waals surface area contributed by atoms with Gasteiger partial charge in [-0.2, -0.15) is 0 Å². The first-order valence-corrected chi connectivity index (χ1v) is 6.88. The molecular formula is C18H16O4. The van der Waals surface area contributed by atoms with Crippen molar-refractivity contribution in [3.05, 3.63) is 65.7 Å². The van der Waals surface area contributed by atoms with Crippen LogP contribution in [0.1, 0.15) is 33.6 Å². The number of carbonyl (C=O) groups is 3. The van der Waals surface area contributed by atoms with Crippen LogP contribution < -0.4 is 4.74 Å². The van der Waals surface area contributed by atoms with E-state index < -0.39 is 5.78 Å². The lowest BCUT2D eigenvalue weighted by molar-refractivity contribution is -0.117. The Labute approximate surface area is 128 Å². The molecule has 4 nitrogen and oxygen atoms in total. The van der Waals surface area contributed by atoms with Gasteiger partial charge in [-0.3, -0.25) is 14.4 Å². The number of Topliss-reactive ketones (excluding diaryl/α,β-unsaturated/α-hetero) is 3. The van der Waals surface area contributed by atoms with Crippen LogP contribution in [0.25, 0.3) is 0 Å². The highest BCUT2D eigenvalue weighted by Gasteiger charge is 2.18. The second-order valence-electron chi connectivity index (χ2n) is 4.80. The molecule has 22 heavy (non-hydrogen) atoms. The van der Waals surface area contributed by atoms with E-state index in [1.54, 1.807) is 54.6 Å². The van der Waals surface area contributed by atoms with Crippen LogP contribution in [-0.4, -0.2) is 24.5 Å². The summed E-state index contributed by atoms with van der Waals surface area (Å²) in [5.41, 5.74) is 0.825. The van der Waals surface area contributed by atoms with Gasteiger partial charge < -0.3 is 4.74 Å². The largest absolute Gasteiger partial charge is 0.496 e. The van der Waals surface area contributed by atoms with Gasteiger partial charge in [0.15, 0.2) is 11.6 Å². The van der Waals surface area contributed by atoms with E-state index in [4.69, 9.17) is 4.74 Å². The molecule has 112 valence electrons. The Hall–Kier alpha value is -2.75. The van der Waals surface area contributed by atoms with Crippen molar-refractivity contribution in [2.45, 2.75) is 12.8 Å². The van der Waals surface area contributed by atoms with E-state index in [-0.39, 0.29) is 24.4 Å². The van der Waals surface area contributed by atoms with Crippen molar-refractivity contribution in [2.75, 3.05) is 7.11 Å². The van der Waals surface area contributed by atoms with E-state index in [1.807, 2.05) is 0 Å². The van der Waals surface area contributed by atoms with Gasteiger partial charge in [0.1, 0.15) is 11.5 Å². The Bertz CT molecular complexity index is 689. The fourth-order valence-corrected chi connectivity index (χ4v) is 2.12. The lowest BCUT2D eigenvalue weighted by Gasteiger charge is -2.06. The van der Waals surface area contributed by atoms with Gasteiger partial charge in [0.25, 0.3) is 0 Å². The van der Waals surface area contributed by atoms with Gasteiger partial charge in [0.05, 0.1) is 25.5 Å². The number of methoxy groups -OCH3 is 1. The molecule has 0 N–H and O–H groups in total. The van der Waals surface area contributed by atoms with Crippen LogP contribution in [0.2, 0.25) is 0 Å². The molecule has 2 rings (SSSR count). The molecule has 0 amide bonds. The van der Waals surface area contributed by atoms with Crippen LogP contribution in [0.15, 0.2) is 54.6 Å². The molecule has 0 unspecified atom stereocenters. The van der Waals surface area contributed by atoms with Gasteiger partial charge in [0.2, 0.25) is 0 Å². The molecule has 0 fully saturated rings. The monoisotopic (exact) mass is 296 g/mol. The minimum atomic E-state index is -0.398. The van der Waals surface area contributed by atoms with Crippen LogP contribution in [0, 0.1) is 0 Å². The van der Waals surface area contributed by atoms with Gasteiger partial charge in [-0.05, 0) is 12.1 Å². The van der Waals surface area contributed by atoms with Gasteiger partial charge in [-0.15, -0.1) is 0 Å². The maximum absolute atomic E-state index is 12.1. The Morgan fingerprint density at radius 2 is 1.41 bits per heavy atom. The topological polar surface area (TPSA) is 60.4 Å². The van der Waals surface area contributed by atoms with E-state index in [1.165, 1.54) is 7.11 Å². The molecule has 0 aromatic heterocycles. The second-order valence-corrected chi connectivity index (χ2v) is 4.80. The highest BCUT2D eigenvalue weighted by molar-refractivity contribution is 6.15. The van der Waals surface area contributed by atoms with Crippen molar-refractivity contribution in [3.63, 3.8) is 0 Å². The first-order valence-electron chi connectivity index (χ1n) is 6.88. The number of para-hydroxylation sites is 1. The normalized spacial score (nSPS) is 10.0. The minimum absolute atomic E-state index is 0.273. The van der Waals surface area contributed by atoms with Crippen LogP contribution in [0.5, 0.6) is 5.75 Å². The number of ether oxygens (including phenoxy) is 1. The third kappa shape index (κ3) is 3.88. The quantitative estimate of drug-likeness (QED) is 0.582. The standard InChI is InChI=1S/C18H16O4/c1-22-18-10-6-5-9-15(18)17(21)12-14(19)11-16(20)13-7-3-2-4-8-13/h2-10H,11-12H2,1H3. The summed E-state index contributed by atoms with van der Waals surface area (Å²) in [7, 11) is 1.47. The highest BCUT2D eigenvalue weighted by atomic mass is 16.5. The molecule has 0 saturated heterocycles. The van der Waals surface area contributed by atoms with E-state index in [9.17, 15) is 14.4 Å². The molecule has 0 radical (unpaired) electrons. The lowest BCUT2D eigenvalue weighted by Crippen LogP contribution is -2.13. The summed E-state index contributed by atoms with van der Waals surface area (Å²) in [6.07, 6.45) is -0.580. The Morgan fingerprint density at radius 1 is 0.818 bits per heavy atom. The third-order valence-electron chi connectivity index (χ3n) is 3.22. The number of carbonyl (C=O) groups excluding carboxylic acids is 3. The van der Waals surface area contributed by atoms with E-state index in [2.05, 4.69) is 0 Å². The molecule has 0 aliphatic heterocycles. The van der Waals surface area contributed by atoms with Crippen molar-refractivity contribution in [1.29, 1.82) is 0 Å². The third-order valence-corrected chi connectivity index (χ3v) is 3.22. The van der Waals surface area contributed by atoms with Crippen LogP contribution in [0.3, 0.4) is 0 Å². The van der Waals surface area contributed by atoms with Gasteiger partial charge in [-0.25, -0.2) is 0 Å². The number of benzene rings is 2. The fraction of sp³-hybridized carbons (Fsp3) is 0.167. The summed E-state index contributed by atoms with van der Waals surface area (Å²) >= 11 is 0. The van der Waals surface area contributed by atoms with Gasteiger partial charge in [-0.1, -0.05) is 42.5 Å². The highest BCUT2D eigenvalue weighted by Crippen LogP contribution is 2.19. The molecule has 0 bridgehead atoms. The predicted molar refractivity (Wildman–Crippen MR) is 82.3 cm³/mol. The average molecular weight is 296 g/mol. The summed E-state index contributed by atoms with van der Waals surface area (Å²) in [6, 6.07) is 15.3. The van der Waals surface area contributed by atoms with Crippen molar-refractivity contribution in [3.8, 4) is 5.75 Å². The Kier molecular flexibility index (Phi) is 5.20. The summed E-state index contributed by atoms with van der Waals surface area (Å²) in [4.78, 5) is 36.0. The maximum atomic E-state index is 12.1. The number of ketones is 3. The molecule has 0 aliphatic rings. The predicted octanol–water partition coefficient (Wildman–Crippen LogP) is 3.11. The number of hydrogen-bond donors (Lipinski definition) is 0. The molecule has 2 aromatic carbocycles. The zero-order valence-corrected chi connectivity index (χ0v) is 12.2. The van der Waals surface area contributed by atoms with E-state index >= 15 is 0 Å². The fourth-order valence-electron chi connectivity index (χ4n) is 2.12. The van der Waals surface area contributed by atoms with Crippen LogP contribution in [-0.2, 0) is 4.79 Å². The minimum Gasteiger partial charge on any atom is -0.496 e. The smallest absolute Gasteiger partial charge is 0.173 e. The molecule has 0 atom stereocenters. The molecule has 4 heteroatoms. The van der Waals surface area contributed by atoms with E-state index in [0.717, 1.165) is 0 Å². The Morgan fingerprint density at radius 3 is 2.09 bits per heavy atom. The summed E-state index contributed by atoms with van der Waals surface area (Å²) in [6.45, 7) is 0. The average Bonchev–Trinajstić information content (AvgIpc) is 2.55. The summed E-state index contributed by atoms with van der Waals surface area (Å²) < 4.78 is 5.10. The SMILES string of the molecule is COc1ccccc1C(=O)CC(=O)CC(=O)c1ccccc1. The van der Waals surface area contributed by atoms with Crippen molar-refractivity contribution >= 4 is 17.3 Å². The first kappa shape index (κ1) is 15.6.